The first kappa shape index (κ1) is 16.8. The Morgan fingerprint density at radius 2 is 2.00 bits per heavy atom. The summed E-state index contributed by atoms with van der Waals surface area (Å²) in [6.45, 7) is 3.57. The number of rotatable bonds is 4. The lowest BCUT2D eigenvalue weighted by Crippen LogP contribution is -2.25. The molecule has 0 radical (unpaired) electrons. The van der Waals surface area contributed by atoms with Crippen molar-refractivity contribution in [2.75, 3.05) is 5.32 Å². The Bertz CT molecular complexity index is 1010. The van der Waals surface area contributed by atoms with Gasteiger partial charge in [-0.3, -0.25) is 14.2 Å². The highest BCUT2D eigenvalue weighted by atomic mass is 19.1. The molecule has 1 N–H and O–H groups in total. The van der Waals surface area contributed by atoms with Crippen LogP contribution in [0.3, 0.4) is 0 Å². The third-order valence-electron chi connectivity index (χ3n) is 4.04. The molecule has 0 aliphatic rings. The molecule has 6 heteroatoms. The van der Waals surface area contributed by atoms with E-state index in [4.69, 9.17) is 0 Å². The number of aromatic nitrogens is 2. The minimum Gasteiger partial charge on any atom is -0.326 e. The molecule has 5 nitrogen and oxygen atoms in total. The van der Waals surface area contributed by atoms with Gasteiger partial charge in [-0.25, -0.2) is 9.37 Å². The van der Waals surface area contributed by atoms with Crippen LogP contribution >= 0.6 is 0 Å². The summed E-state index contributed by atoms with van der Waals surface area (Å²) in [5.74, 6) is 0.00931. The normalized spacial score (nSPS) is 10.8. The number of halogens is 1. The Hall–Kier alpha value is -3.02. The Labute approximate surface area is 144 Å². The summed E-state index contributed by atoms with van der Waals surface area (Å²) in [5.41, 5.74) is 1.24. The zero-order valence-electron chi connectivity index (χ0n) is 14.0. The second kappa shape index (κ2) is 6.84. The number of fused-ring (bicyclic) bond motifs is 1. The molecule has 1 heterocycles. The molecule has 0 aliphatic heterocycles. The van der Waals surface area contributed by atoms with E-state index in [0.717, 1.165) is 0 Å². The van der Waals surface area contributed by atoms with E-state index in [9.17, 15) is 14.0 Å². The molecule has 0 aliphatic carbocycles. The summed E-state index contributed by atoms with van der Waals surface area (Å²) in [5, 5.41) is 3.11. The van der Waals surface area contributed by atoms with Crippen LogP contribution in [0.15, 0.2) is 47.3 Å². The van der Waals surface area contributed by atoms with Crippen LogP contribution < -0.4 is 10.9 Å². The molecule has 0 unspecified atom stereocenters. The Balaban J connectivity index is 2.08. The first-order chi connectivity index (χ1) is 12.0. The van der Waals surface area contributed by atoms with Crippen LogP contribution in [0.1, 0.15) is 24.7 Å². The van der Waals surface area contributed by atoms with Crippen LogP contribution in [0.25, 0.3) is 10.9 Å². The fourth-order valence-electron chi connectivity index (χ4n) is 2.64. The molecule has 1 aromatic heterocycles. The first-order valence-electron chi connectivity index (χ1n) is 8.04. The number of carbonyl (C=O) groups is 1. The topological polar surface area (TPSA) is 64.0 Å². The Morgan fingerprint density at radius 3 is 2.72 bits per heavy atom. The summed E-state index contributed by atoms with van der Waals surface area (Å²) in [7, 11) is 0. The third-order valence-corrected chi connectivity index (χ3v) is 4.04. The highest BCUT2D eigenvalue weighted by Crippen LogP contribution is 2.16. The number of nitrogens with zero attached hydrogens (tertiary/aromatic N) is 2. The molecule has 3 aromatic rings. The van der Waals surface area contributed by atoms with E-state index in [-0.39, 0.29) is 23.8 Å². The molecule has 0 spiro atoms. The number of anilines is 1. The summed E-state index contributed by atoms with van der Waals surface area (Å²) in [6.07, 6.45) is 0.349. The largest absolute Gasteiger partial charge is 0.326 e. The smallest absolute Gasteiger partial charge is 0.261 e. The lowest BCUT2D eigenvalue weighted by Gasteiger charge is -2.12. The predicted octanol–water partition coefficient (Wildman–Crippen LogP) is 3.24. The maximum absolute atomic E-state index is 13.9. The van der Waals surface area contributed by atoms with E-state index in [1.165, 1.54) is 10.6 Å². The van der Waals surface area contributed by atoms with Gasteiger partial charge in [0.25, 0.3) is 5.56 Å². The zero-order chi connectivity index (χ0) is 18.0. The van der Waals surface area contributed by atoms with Gasteiger partial charge < -0.3 is 5.32 Å². The van der Waals surface area contributed by atoms with Crippen molar-refractivity contribution in [2.24, 2.45) is 0 Å². The first-order valence-corrected chi connectivity index (χ1v) is 8.04. The standard InChI is InChI=1S/C19H18FN3O2/c1-3-18(24)22-14-8-9-17-15(10-14)19(25)23(12(2)21-17)11-13-6-4-5-7-16(13)20/h4-10H,3,11H2,1-2H3,(H,22,24). The van der Waals surface area contributed by atoms with Gasteiger partial charge in [-0.1, -0.05) is 25.1 Å². The van der Waals surface area contributed by atoms with Crippen molar-refractivity contribution in [1.82, 2.24) is 9.55 Å². The van der Waals surface area contributed by atoms with Crippen LogP contribution in [-0.4, -0.2) is 15.5 Å². The molecule has 0 saturated heterocycles. The van der Waals surface area contributed by atoms with E-state index in [1.807, 2.05) is 0 Å². The number of hydrogen-bond donors (Lipinski definition) is 1. The van der Waals surface area contributed by atoms with Crippen LogP contribution in [0.4, 0.5) is 10.1 Å². The quantitative estimate of drug-likeness (QED) is 0.794. The van der Waals surface area contributed by atoms with E-state index in [2.05, 4.69) is 10.3 Å². The second-order valence-corrected chi connectivity index (χ2v) is 5.78. The second-order valence-electron chi connectivity index (χ2n) is 5.78. The van der Waals surface area contributed by atoms with Crippen LogP contribution in [0.5, 0.6) is 0 Å². The van der Waals surface area contributed by atoms with Gasteiger partial charge in [0.05, 0.1) is 17.4 Å². The van der Waals surface area contributed by atoms with Gasteiger partial charge in [0.15, 0.2) is 0 Å². The number of amides is 1. The average Bonchev–Trinajstić information content (AvgIpc) is 2.60. The zero-order valence-corrected chi connectivity index (χ0v) is 14.0. The van der Waals surface area contributed by atoms with E-state index in [1.54, 1.807) is 50.2 Å². The van der Waals surface area contributed by atoms with Gasteiger partial charge in [0, 0.05) is 17.7 Å². The minimum atomic E-state index is -0.363. The van der Waals surface area contributed by atoms with Crippen molar-refractivity contribution in [2.45, 2.75) is 26.8 Å². The van der Waals surface area contributed by atoms with E-state index < -0.39 is 0 Å². The Morgan fingerprint density at radius 1 is 1.24 bits per heavy atom. The molecule has 1 amide bonds. The van der Waals surface area contributed by atoms with Gasteiger partial charge in [-0.2, -0.15) is 0 Å². The highest BCUT2D eigenvalue weighted by molar-refractivity contribution is 5.93. The molecular weight excluding hydrogens is 321 g/mol. The number of nitrogens with one attached hydrogen (secondary N) is 1. The third kappa shape index (κ3) is 3.42. The Kier molecular flexibility index (Phi) is 4.61. The van der Waals surface area contributed by atoms with Gasteiger partial charge in [0.1, 0.15) is 11.6 Å². The van der Waals surface area contributed by atoms with Crippen molar-refractivity contribution in [3.05, 3.63) is 70.0 Å². The van der Waals surface area contributed by atoms with Crippen LogP contribution in [0, 0.1) is 12.7 Å². The molecule has 2 aromatic carbocycles. The van der Waals surface area contributed by atoms with Gasteiger partial charge in [0.2, 0.25) is 5.91 Å². The van der Waals surface area contributed by atoms with Crippen molar-refractivity contribution in [3.63, 3.8) is 0 Å². The molecule has 3 rings (SSSR count). The number of benzene rings is 2. The van der Waals surface area contributed by atoms with E-state index >= 15 is 0 Å². The lowest BCUT2D eigenvalue weighted by atomic mass is 10.2. The summed E-state index contributed by atoms with van der Waals surface area (Å²) >= 11 is 0. The van der Waals surface area contributed by atoms with Crippen molar-refractivity contribution >= 4 is 22.5 Å². The minimum absolute atomic E-state index is 0.103. The summed E-state index contributed by atoms with van der Waals surface area (Å²) < 4.78 is 15.4. The maximum atomic E-state index is 13.9. The van der Waals surface area contributed by atoms with Gasteiger partial charge in [-0.15, -0.1) is 0 Å². The fourth-order valence-corrected chi connectivity index (χ4v) is 2.64. The average molecular weight is 339 g/mol. The van der Waals surface area contributed by atoms with Gasteiger partial charge >= 0.3 is 0 Å². The predicted molar refractivity (Wildman–Crippen MR) is 95.2 cm³/mol. The highest BCUT2D eigenvalue weighted by Gasteiger charge is 2.11. The molecule has 128 valence electrons. The number of hydrogen-bond acceptors (Lipinski definition) is 3. The summed E-state index contributed by atoms with van der Waals surface area (Å²) in [4.78, 5) is 28.8. The molecule has 0 bridgehead atoms. The van der Waals surface area contributed by atoms with Crippen molar-refractivity contribution in [3.8, 4) is 0 Å². The number of carbonyl (C=O) groups excluding carboxylic acids is 1. The molecule has 25 heavy (non-hydrogen) atoms. The van der Waals surface area contributed by atoms with Crippen LogP contribution in [0.2, 0.25) is 0 Å². The summed E-state index contributed by atoms with van der Waals surface area (Å²) in [6, 6.07) is 11.4. The monoisotopic (exact) mass is 339 g/mol. The number of aryl methyl sites for hydroxylation is 1. The maximum Gasteiger partial charge on any atom is 0.261 e. The lowest BCUT2D eigenvalue weighted by molar-refractivity contribution is -0.115. The van der Waals surface area contributed by atoms with Crippen LogP contribution in [-0.2, 0) is 11.3 Å². The molecular formula is C19H18FN3O2. The van der Waals surface area contributed by atoms with E-state index in [0.29, 0.717) is 34.4 Å². The van der Waals surface area contributed by atoms with Crippen molar-refractivity contribution in [1.29, 1.82) is 0 Å². The fraction of sp³-hybridized carbons (Fsp3) is 0.211. The molecule has 0 saturated carbocycles. The SMILES string of the molecule is CCC(=O)Nc1ccc2nc(C)n(Cc3ccccc3F)c(=O)c2c1. The van der Waals surface area contributed by atoms with Gasteiger partial charge in [-0.05, 0) is 31.2 Å². The molecule has 0 fully saturated rings. The molecule has 0 atom stereocenters. The van der Waals surface area contributed by atoms with Crippen molar-refractivity contribution < 1.29 is 9.18 Å².